The summed E-state index contributed by atoms with van der Waals surface area (Å²) >= 11 is 0. The van der Waals surface area contributed by atoms with E-state index < -0.39 is 47.7 Å². The van der Waals surface area contributed by atoms with Crippen LogP contribution < -0.4 is 0 Å². The summed E-state index contributed by atoms with van der Waals surface area (Å²) in [6.07, 6.45) is 35.5. The Morgan fingerprint density at radius 3 is 1.09 bits per heavy atom. The van der Waals surface area contributed by atoms with Crippen molar-refractivity contribution in [2.75, 3.05) is 6.61 Å². The molecule has 7 N–H and O–H groups in total. The molecule has 0 aromatic heterocycles. The molecule has 632 valence electrons. The third-order valence-electron chi connectivity index (χ3n) is 36.5. The Morgan fingerprint density at radius 1 is 0.396 bits per heavy atom. The average Bonchev–Trinajstić information content (AvgIpc) is 1.60. The highest BCUT2D eigenvalue weighted by atomic mass is 16.7. The molecule has 0 amide bonds. The van der Waals surface area contributed by atoms with E-state index in [0.29, 0.717) is 48.3 Å². The van der Waals surface area contributed by atoms with Crippen molar-refractivity contribution < 1.29 is 78.7 Å². The van der Waals surface area contributed by atoms with Gasteiger partial charge in [-0.25, -0.2) is 0 Å². The second-order valence-electron chi connectivity index (χ2n) is 41.3. The number of aliphatic hydroxyl groups excluding tert-OH is 1. The van der Waals surface area contributed by atoms with Gasteiger partial charge in [-0.2, -0.15) is 0 Å². The van der Waals surface area contributed by atoms with E-state index in [0.717, 1.165) is 198 Å². The van der Waals surface area contributed by atoms with E-state index in [4.69, 9.17) is 24.4 Å². The van der Waals surface area contributed by atoms with Crippen LogP contribution in [0.1, 0.15) is 308 Å². The van der Waals surface area contributed by atoms with Crippen LogP contribution in [0, 0.1) is 213 Å². The molecule has 0 radical (unpaired) electrons. The van der Waals surface area contributed by atoms with Crippen LogP contribution in [0.15, 0.2) is 0 Å². The molecule has 16 heteroatoms. The van der Waals surface area contributed by atoms with Gasteiger partial charge >= 0.3 is 35.8 Å². The first-order valence-corrected chi connectivity index (χ1v) is 47.0. The van der Waals surface area contributed by atoms with E-state index in [2.05, 4.69) is 69.2 Å². The number of esters is 1. The largest absolute Gasteiger partial charge is 0.481 e. The van der Waals surface area contributed by atoms with Crippen molar-refractivity contribution in [3.8, 4) is 0 Å². The van der Waals surface area contributed by atoms with E-state index in [-0.39, 0.29) is 55.9 Å². The van der Waals surface area contributed by atoms with Crippen molar-refractivity contribution in [2.45, 2.75) is 339 Å². The Kier molecular flexibility index (Phi) is 29.2. The van der Waals surface area contributed by atoms with Crippen LogP contribution in [0.4, 0.5) is 0 Å². The number of carbonyl (C=O) groups is 6. The minimum absolute atomic E-state index is 0.0428. The molecule has 16 rings (SSSR count). The van der Waals surface area contributed by atoms with Crippen LogP contribution in [0.2, 0.25) is 0 Å². The predicted octanol–water partition coefficient (Wildman–Crippen LogP) is 20.0. The zero-order chi connectivity index (χ0) is 79.9. The van der Waals surface area contributed by atoms with Gasteiger partial charge in [0.25, 0.3) is 0 Å². The molecule has 0 spiro atoms. The lowest BCUT2D eigenvalue weighted by Gasteiger charge is -2.40. The smallest absolute Gasteiger partial charge is 0.307 e. The summed E-state index contributed by atoms with van der Waals surface area (Å²) in [5, 5.41) is 66.3. The molecule has 41 atom stereocenters. The molecule has 41 unspecified atom stereocenters. The van der Waals surface area contributed by atoms with Gasteiger partial charge in [0.05, 0.1) is 49.4 Å². The van der Waals surface area contributed by atoms with Crippen LogP contribution in [-0.2, 0) is 43.0 Å². The van der Waals surface area contributed by atoms with E-state index in [1.165, 1.54) is 161 Å². The maximum atomic E-state index is 11.5. The molecule has 15 aliphatic carbocycles. The molecule has 15 saturated carbocycles. The van der Waals surface area contributed by atoms with Crippen molar-refractivity contribution in [2.24, 2.45) is 213 Å². The molecule has 1 saturated heterocycles. The van der Waals surface area contributed by atoms with Crippen LogP contribution in [0.3, 0.4) is 0 Å². The number of hydrogen-bond donors (Lipinski definition) is 7. The minimum atomic E-state index is -1.04. The van der Waals surface area contributed by atoms with Gasteiger partial charge in [0.15, 0.2) is 6.29 Å². The molecule has 0 aromatic rings. The Morgan fingerprint density at radius 2 is 0.730 bits per heavy atom. The topological polar surface area (TPSA) is 272 Å². The second kappa shape index (κ2) is 37.3. The maximum Gasteiger partial charge on any atom is 0.307 e. The summed E-state index contributed by atoms with van der Waals surface area (Å²) < 4.78 is 17.5. The summed E-state index contributed by atoms with van der Waals surface area (Å²) in [6, 6.07) is 0. The molecule has 10 bridgehead atoms. The first-order chi connectivity index (χ1) is 53.1. The van der Waals surface area contributed by atoms with Crippen molar-refractivity contribution >= 4 is 35.8 Å². The predicted molar refractivity (Wildman–Crippen MR) is 430 cm³/mol. The highest BCUT2D eigenvalue weighted by molar-refractivity contribution is 5.71. The molecule has 1 aliphatic heterocycles. The molecule has 16 aliphatic rings. The number of aliphatic carboxylic acids is 5. The van der Waals surface area contributed by atoms with E-state index in [1.54, 1.807) is 6.92 Å². The van der Waals surface area contributed by atoms with Gasteiger partial charge in [0.1, 0.15) is 6.10 Å². The SMILES string of the molecule is CCC1CC(CC)C2C3CC(CC3C(C)C(=O)O)C12.CCC1CC(CC)C2C3CC(CC3C(CC(=O)O)OC(C)=O)C12.CCC1CC(CC)C2C3CC(CC3C(CC(=O)O)OC3CCCCO3)C12.CCC1CC(CC)C2C3CC(CC3CC(C)(O)CC(=O)O)C12.CCC1CC(CC)C2C3CC(CC3CC(O)CC(=O)O)C12. The lowest BCUT2D eigenvalue weighted by atomic mass is 9.67. The molecular weight excluding hydrogens is 1400 g/mol. The number of carboxylic acid groups (broad SMARTS) is 5. The zero-order valence-electron chi connectivity index (χ0n) is 71.1. The van der Waals surface area contributed by atoms with Gasteiger partial charge in [-0.3, -0.25) is 28.8 Å². The average molecular weight is 1550 g/mol. The quantitative estimate of drug-likeness (QED) is 0.0343. The van der Waals surface area contributed by atoms with E-state index in [1.807, 2.05) is 6.92 Å². The number of fused-ring (bicyclic) bond motifs is 25. The van der Waals surface area contributed by atoms with Gasteiger partial charge in [-0.1, -0.05) is 140 Å². The number of carboxylic acids is 5. The maximum absolute atomic E-state index is 11.5. The van der Waals surface area contributed by atoms with Crippen LogP contribution in [0.5, 0.6) is 0 Å². The van der Waals surface area contributed by atoms with Gasteiger partial charge in [-0.05, 0) is 342 Å². The Labute approximate surface area is 669 Å². The lowest BCUT2D eigenvalue weighted by molar-refractivity contribution is -0.207. The normalized spacial score (nSPS) is 45.6. The number of aliphatic hydroxyl groups is 2. The zero-order valence-corrected chi connectivity index (χ0v) is 71.1. The van der Waals surface area contributed by atoms with E-state index >= 15 is 0 Å². The molecular formula is C95H156O16. The summed E-state index contributed by atoms with van der Waals surface area (Å²) in [7, 11) is 0. The monoisotopic (exact) mass is 1550 g/mol. The summed E-state index contributed by atoms with van der Waals surface area (Å²) in [4.78, 5) is 67.2. The van der Waals surface area contributed by atoms with Gasteiger partial charge in [0, 0.05) is 13.5 Å². The van der Waals surface area contributed by atoms with Gasteiger partial charge < -0.3 is 50.0 Å². The Bertz CT molecular complexity index is 3070. The van der Waals surface area contributed by atoms with Gasteiger partial charge in [-0.15, -0.1) is 0 Å². The fourth-order valence-electron chi connectivity index (χ4n) is 33.3. The first-order valence-electron chi connectivity index (χ1n) is 47.0. The van der Waals surface area contributed by atoms with Crippen LogP contribution in [-0.4, -0.2) is 108 Å². The van der Waals surface area contributed by atoms with Crippen molar-refractivity contribution in [3.63, 3.8) is 0 Å². The first kappa shape index (κ1) is 87.0. The second-order valence-corrected chi connectivity index (χ2v) is 41.3. The number of hydrogen-bond acceptors (Lipinski definition) is 11. The minimum Gasteiger partial charge on any atom is -0.481 e. The summed E-state index contributed by atoms with van der Waals surface area (Å²) in [5.74, 6) is 23.0. The Balaban J connectivity index is 0.000000129. The fraction of sp³-hybridized carbons (Fsp3) is 0.937. The molecule has 0 aromatic carbocycles. The molecule has 16 fully saturated rings. The van der Waals surface area contributed by atoms with E-state index in [9.17, 15) is 54.3 Å². The number of rotatable bonds is 29. The summed E-state index contributed by atoms with van der Waals surface area (Å²) in [6.45, 7) is 29.2. The van der Waals surface area contributed by atoms with Crippen molar-refractivity contribution in [1.82, 2.24) is 0 Å². The number of ether oxygens (including phenoxy) is 3. The highest BCUT2D eigenvalue weighted by Gasteiger charge is 2.66. The highest BCUT2D eigenvalue weighted by Crippen LogP contribution is 2.72. The number of carbonyl (C=O) groups excluding carboxylic acids is 1. The molecule has 16 nitrogen and oxygen atoms in total. The third kappa shape index (κ3) is 18.0. The van der Waals surface area contributed by atoms with Gasteiger partial charge in [0.2, 0.25) is 0 Å². The fourth-order valence-corrected chi connectivity index (χ4v) is 33.3. The summed E-state index contributed by atoms with van der Waals surface area (Å²) in [5.41, 5.74) is -1.04. The third-order valence-corrected chi connectivity index (χ3v) is 36.5. The lowest BCUT2D eigenvalue weighted by Crippen LogP contribution is -2.40. The van der Waals surface area contributed by atoms with Crippen molar-refractivity contribution in [3.05, 3.63) is 0 Å². The standard InChI is InChI=1S/C22H36O4.C19H30O4.C19H32O3.C18H30O3.C17H28O2/c1-3-13-9-14(4-2)22-17-11-15(21(13)22)10-16(17)18(12-19(23)24)26-20-7-5-6-8-25-20;1-4-11-6-12(5-2)19-15-8-13(18(11)19)7-14(15)16(9-17(21)22)23-10(3)20;1-4-11-6-12(5-2)18-15-8-13(17(11)18)7-14(15)9-19(3,22)10-16(20)21;1-3-10-5-11(4-2)18-15-8-13(17(10)18)6-12(15)7-14(19)9-16(20)21;1-4-10-6-11(5-2)16-14-8-12(15(10)16)7-13(14)9(3)17(18)19/h13-18,20-22H,3-12H2,1-2H3,(H,23,24);11-16,18-19H,4-9H2,1-3H3,(H,21,22);11-15,17-18,22H,4-10H2,1-3H3,(H,20,21);10-15,17-19H,3-9H2,1-2H3,(H,20,21);9-16H,4-8H2,1-3H3,(H,18,19). The Hall–Kier alpha value is -3.34. The van der Waals surface area contributed by atoms with Crippen molar-refractivity contribution in [1.29, 1.82) is 0 Å². The van der Waals surface area contributed by atoms with Crippen LogP contribution >= 0.6 is 0 Å². The van der Waals surface area contributed by atoms with Crippen LogP contribution in [0.25, 0.3) is 0 Å². The molecule has 1 heterocycles. The molecule has 111 heavy (non-hydrogen) atoms.